The van der Waals surface area contributed by atoms with Crippen LogP contribution in [0.15, 0.2) is 42.6 Å². The van der Waals surface area contributed by atoms with E-state index in [1.54, 1.807) is 36.2 Å². The third-order valence-corrected chi connectivity index (χ3v) is 4.20. The lowest BCUT2D eigenvalue weighted by atomic mass is 10.2. The van der Waals surface area contributed by atoms with Gasteiger partial charge in [0.15, 0.2) is 0 Å². The Bertz CT molecular complexity index is 755. The van der Waals surface area contributed by atoms with Crippen molar-refractivity contribution >= 4 is 11.6 Å². The number of nitrogens with one attached hydrogen (secondary N) is 1. The molecule has 1 aromatic heterocycles. The zero-order valence-corrected chi connectivity index (χ0v) is 14.1. The number of aromatic nitrogens is 1. The number of ether oxygens (including phenoxy) is 1. The van der Waals surface area contributed by atoms with E-state index in [1.807, 2.05) is 0 Å². The third-order valence-electron chi connectivity index (χ3n) is 4.20. The quantitative estimate of drug-likeness (QED) is 0.899. The van der Waals surface area contributed by atoms with Gasteiger partial charge in [0.25, 0.3) is 0 Å². The number of carbonyl (C=O) groups excluding carboxylic acids is 1. The standard InChI is InChI=1S/C18H18F3N3O2/c1-24(17(25)15-3-2-10-22-15)13-5-7-14(8-6-13)26-16-9-4-12(11-23-16)18(19,20)21/h4-9,11,15,22H,2-3,10H2,1H3. The summed E-state index contributed by atoms with van der Waals surface area (Å²) in [5.41, 5.74) is -0.128. The first kappa shape index (κ1) is 18.2. The first-order valence-corrected chi connectivity index (χ1v) is 8.17. The lowest BCUT2D eigenvalue weighted by Crippen LogP contribution is -2.41. The molecule has 138 valence electrons. The van der Waals surface area contributed by atoms with Gasteiger partial charge in [-0.2, -0.15) is 13.2 Å². The van der Waals surface area contributed by atoms with E-state index >= 15 is 0 Å². The predicted molar refractivity (Wildman–Crippen MR) is 90.2 cm³/mol. The number of likely N-dealkylation sites (N-methyl/N-ethyl adjacent to an activating group) is 1. The molecule has 1 saturated heterocycles. The average Bonchev–Trinajstić information content (AvgIpc) is 3.15. The van der Waals surface area contributed by atoms with Crippen LogP contribution in [0.5, 0.6) is 11.6 Å². The van der Waals surface area contributed by atoms with Gasteiger partial charge < -0.3 is 15.0 Å². The Labute approximate surface area is 148 Å². The molecule has 26 heavy (non-hydrogen) atoms. The number of halogens is 3. The molecule has 0 radical (unpaired) electrons. The van der Waals surface area contributed by atoms with Crippen LogP contribution in [0.2, 0.25) is 0 Å². The minimum absolute atomic E-state index is 0.000532. The Hall–Kier alpha value is -2.61. The van der Waals surface area contributed by atoms with Crippen molar-refractivity contribution in [3.8, 4) is 11.6 Å². The van der Waals surface area contributed by atoms with E-state index in [0.717, 1.165) is 37.7 Å². The van der Waals surface area contributed by atoms with Crippen molar-refractivity contribution in [2.45, 2.75) is 25.1 Å². The molecule has 0 aliphatic carbocycles. The van der Waals surface area contributed by atoms with Crippen LogP contribution >= 0.6 is 0 Å². The molecule has 2 aromatic rings. The van der Waals surface area contributed by atoms with Crippen LogP contribution in [0.1, 0.15) is 18.4 Å². The Morgan fingerprint density at radius 2 is 1.96 bits per heavy atom. The molecule has 1 fully saturated rings. The number of pyridine rings is 1. The molecular formula is C18H18F3N3O2. The maximum atomic E-state index is 12.5. The van der Waals surface area contributed by atoms with Crippen LogP contribution in [0, 0.1) is 0 Å². The van der Waals surface area contributed by atoms with Crippen molar-refractivity contribution in [1.82, 2.24) is 10.3 Å². The van der Waals surface area contributed by atoms with Crippen LogP contribution in [0.25, 0.3) is 0 Å². The molecule has 1 atom stereocenters. The smallest absolute Gasteiger partial charge is 0.417 e. The van der Waals surface area contributed by atoms with Crippen LogP contribution in [-0.2, 0) is 11.0 Å². The summed E-state index contributed by atoms with van der Waals surface area (Å²) >= 11 is 0. The lowest BCUT2D eigenvalue weighted by Gasteiger charge is -2.21. The molecule has 0 saturated carbocycles. The van der Waals surface area contributed by atoms with Crippen LogP contribution in [-0.4, -0.2) is 30.5 Å². The molecule has 1 amide bonds. The highest BCUT2D eigenvalue weighted by Crippen LogP contribution is 2.30. The predicted octanol–water partition coefficient (Wildman–Crippen LogP) is 3.61. The first-order chi connectivity index (χ1) is 12.3. The maximum Gasteiger partial charge on any atom is 0.417 e. The number of rotatable bonds is 4. The highest BCUT2D eigenvalue weighted by atomic mass is 19.4. The normalized spacial score (nSPS) is 17.2. The van der Waals surface area contributed by atoms with Gasteiger partial charge in [-0.25, -0.2) is 4.98 Å². The number of carbonyl (C=O) groups is 1. The van der Waals surface area contributed by atoms with Gasteiger partial charge in [0, 0.05) is 25.0 Å². The number of nitrogens with zero attached hydrogens (tertiary/aromatic N) is 2. The first-order valence-electron chi connectivity index (χ1n) is 8.17. The van der Waals surface area contributed by atoms with E-state index in [1.165, 1.54) is 0 Å². The maximum absolute atomic E-state index is 12.5. The second-order valence-corrected chi connectivity index (χ2v) is 6.03. The summed E-state index contributed by atoms with van der Waals surface area (Å²) in [5, 5.41) is 3.16. The van der Waals surface area contributed by atoms with Gasteiger partial charge in [-0.3, -0.25) is 4.79 Å². The highest BCUT2D eigenvalue weighted by Gasteiger charge is 2.30. The van der Waals surface area contributed by atoms with Crippen LogP contribution in [0.4, 0.5) is 18.9 Å². The number of amides is 1. The summed E-state index contributed by atoms with van der Waals surface area (Å²) in [5.74, 6) is 0.478. The number of alkyl halides is 3. The fraction of sp³-hybridized carbons (Fsp3) is 0.333. The molecule has 1 aromatic carbocycles. The third kappa shape index (κ3) is 4.13. The molecule has 1 aliphatic heterocycles. The molecule has 0 bridgehead atoms. The van der Waals surface area contributed by atoms with Crippen molar-refractivity contribution in [3.63, 3.8) is 0 Å². The zero-order chi connectivity index (χ0) is 18.7. The minimum Gasteiger partial charge on any atom is -0.439 e. The Morgan fingerprint density at radius 3 is 2.50 bits per heavy atom. The summed E-state index contributed by atoms with van der Waals surface area (Å²) in [6.45, 7) is 0.844. The largest absolute Gasteiger partial charge is 0.439 e. The lowest BCUT2D eigenvalue weighted by molar-refractivity contribution is -0.137. The van der Waals surface area contributed by atoms with Gasteiger partial charge >= 0.3 is 6.18 Å². The van der Waals surface area contributed by atoms with E-state index in [-0.39, 0.29) is 17.8 Å². The molecule has 8 heteroatoms. The van der Waals surface area contributed by atoms with E-state index in [9.17, 15) is 18.0 Å². The topological polar surface area (TPSA) is 54.5 Å². The zero-order valence-electron chi connectivity index (χ0n) is 14.1. The van der Waals surface area contributed by atoms with Gasteiger partial charge in [-0.1, -0.05) is 0 Å². The van der Waals surface area contributed by atoms with Crippen LogP contribution in [0.3, 0.4) is 0 Å². The number of hydrogen-bond acceptors (Lipinski definition) is 4. The van der Waals surface area contributed by atoms with Gasteiger partial charge in [0.2, 0.25) is 11.8 Å². The summed E-state index contributed by atoms with van der Waals surface area (Å²) in [7, 11) is 1.70. The van der Waals surface area contributed by atoms with Gasteiger partial charge in [0.1, 0.15) is 5.75 Å². The highest BCUT2D eigenvalue weighted by molar-refractivity contribution is 5.96. The number of benzene rings is 1. The molecule has 3 rings (SSSR count). The molecule has 0 spiro atoms. The van der Waals surface area contributed by atoms with Gasteiger partial charge in [-0.05, 0) is 49.7 Å². The second-order valence-electron chi connectivity index (χ2n) is 6.03. The minimum atomic E-state index is -4.43. The molecule has 2 heterocycles. The van der Waals surface area contributed by atoms with Crippen molar-refractivity contribution in [1.29, 1.82) is 0 Å². The van der Waals surface area contributed by atoms with Crippen molar-refractivity contribution in [2.24, 2.45) is 0 Å². The monoisotopic (exact) mass is 365 g/mol. The van der Waals surface area contributed by atoms with Gasteiger partial charge in [-0.15, -0.1) is 0 Å². The summed E-state index contributed by atoms with van der Waals surface area (Å²) in [4.78, 5) is 17.6. The Kier molecular flexibility index (Phi) is 5.13. The molecule has 1 N–H and O–H groups in total. The molecule has 5 nitrogen and oxygen atoms in total. The van der Waals surface area contributed by atoms with Crippen LogP contribution < -0.4 is 15.0 Å². The van der Waals surface area contributed by atoms with E-state index < -0.39 is 11.7 Å². The molecular weight excluding hydrogens is 347 g/mol. The molecule has 1 aliphatic rings. The molecule has 1 unspecified atom stereocenters. The SMILES string of the molecule is CN(C(=O)C1CCCN1)c1ccc(Oc2ccc(C(F)(F)F)cn2)cc1. The fourth-order valence-corrected chi connectivity index (χ4v) is 2.72. The summed E-state index contributed by atoms with van der Waals surface area (Å²) < 4.78 is 43.0. The van der Waals surface area contributed by atoms with E-state index in [2.05, 4.69) is 10.3 Å². The second kappa shape index (κ2) is 7.33. The summed E-state index contributed by atoms with van der Waals surface area (Å²) in [6, 6.07) is 8.63. The number of anilines is 1. The fourth-order valence-electron chi connectivity index (χ4n) is 2.72. The van der Waals surface area contributed by atoms with Crippen molar-refractivity contribution in [3.05, 3.63) is 48.2 Å². The van der Waals surface area contributed by atoms with E-state index in [0.29, 0.717) is 11.4 Å². The Balaban J connectivity index is 1.65. The average molecular weight is 365 g/mol. The Morgan fingerprint density at radius 1 is 1.23 bits per heavy atom. The van der Waals surface area contributed by atoms with E-state index in [4.69, 9.17) is 4.74 Å². The van der Waals surface area contributed by atoms with Crippen molar-refractivity contribution < 1.29 is 22.7 Å². The van der Waals surface area contributed by atoms with Crippen molar-refractivity contribution in [2.75, 3.05) is 18.5 Å². The summed E-state index contributed by atoms with van der Waals surface area (Å²) in [6.07, 6.45) is -1.90. The van der Waals surface area contributed by atoms with Gasteiger partial charge in [0.05, 0.1) is 11.6 Å². The number of hydrogen-bond donors (Lipinski definition) is 1.